The summed E-state index contributed by atoms with van der Waals surface area (Å²) in [4.78, 5) is 0. The fourth-order valence-corrected chi connectivity index (χ4v) is 12.6. The Labute approximate surface area is 311 Å². The predicted molar refractivity (Wildman–Crippen MR) is 220 cm³/mol. The summed E-state index contributed by atoms with van der Waals surface area (Å²) in [6.07, 6.45) is 0.969. The van der Waals surface area contributed by atoms with Gasteiger partial charge in [0.1, 0.15) is 16.6 Å². The summed E-state index contributed by atoms with van der Waals surface area (Å²) in [7, 11) is -1.04. The van der Waals surface area contributed by atoms with E-state index in [-0.39, 0.29) is 10.8 Å². The number of hydrogen-bond donors (Lipinski definition) is 0. The Bertz CT molecular complexity index is 2980. The molecule has 2 aliphatic heterocycles. The summed E-state index contributed by atoms with van der Waals surface area (Å²) < 4.78 is 12.6. The van der Waals surface area contributed by atoms with E-state index >= 15 is 0 Å². The van der Waals surface area contributed by atoms with E-state index in [1.54, 1.807) is 0 Å². The molecule has 0 aliphatic carbocycles. The topological polar surface area (TPSA) is 17.2 Å². The Morgan fingerprint density at radius 3 is 1.74 bits per heavy atom. The molecular formula is C49H43N2OP+2. The summed E-state index contributed by atoms with van der Waals surface area (Å²) in [6, 6.07) is 46.8. The Kier molecular flexibility index (Phi) is 6.05. The molecule has 0 saturated heterocycles. The highest BCUT2D eigenvalue weighted by molar-refractivity contribution is 7.42. The Balaban J connectivity index is 1.47. The Hall–Kier alpha value is -5.24. The molecule has 0 saturated carbocycles. The maximum absolute atomic E-state index is 7.03. The average Bonchev–Trinajstić information content (AvgIpc) is 3.50. The van der Waals surface area contributed by atoms with Gasteiger partial charge in [0.25, 0.3) is 0 Å². The first-order valence-electron chi connectivity index (χ1n) is 19.1. The summed E-state index contributed by atoms with van der Waals surface area (Å²) in [5.74, 6) is 1.86. The summed E-state index contributed by atoms with van der Waals surface area (Å²) in [5.41, 5.74) is 11.0. The molecule has 2 aliphatic rings. The molecule has 3 nitrogen and oxygen atoms in total. The van der Waals surface area contributed by atoms with E-state index in [0.717, 1.165) is 17.9 Å². The van der Waals surface area contributed by atoms with Gasteiger partial charge in [0.15, 0.2) is 5.41 Å². The van der Waals surface area contributed by atoms with Gasteiger partial charge in [0, 0.05) is 34.0 Å². The van der Waals surface area contributed by atoms with Crippen LogP contribution >= 0.6 is 7.84 Å². The largest absolute Gasteiger partial charge is 0.457 e. The zero-order chi connectivity index (χ0) is 36.2. The van der Waals surface area contributed by atoms with E-state index in [2.05, 4.69) is 178 Å². The number of ether oxygens (including phenoxy) is 1. The highest BCUT2D eigenvalue weighted by Crippen LogP contribution is 2.59. The molecule has 53 heavy (non-hydrogen) atoms. The molecule has 0 fully saturated rings. The van der Waals surface area contributed by atoms with Crippen molar-refractivity contribution in [1.29, 1.82) is 0 Å². The van der Waals surface area contributed by atoms with Gasteiger partial charge < -0.3 is 4.74 Å². The number of nitrogens with zero attached hydrogens (tertiary/aromatic N) is 2. The van der Waals surface area contributed by atoms with E-state index in [9.17, 15) is 0 Å². The summed E-state index contributed by atoms with van der Waals surface area (Å²) >= 11 is 0. The van der Waals surface area contributed by atoms with Crippen molar-refractivity contribution in [2.24, 2.45) is 0 Å². The van der Waals surface area contributed by atoms with E-state index in [0.29, 0.717) is 0 Å². The van der Waals surface area contributed by atoms with E-state index in [1.807, 2.05) is 0 Å². The van der Waals surface area contributed by atoms with Gasteiger partial charge in [0.05, 0.1) is 10.8 Å². The highest BCUT2D eigenvalue weighted by Gasteiger charge is 2.62. The van der Waals surface area contributed by atoms with Gasteiger partial charge in [-0.25, -0.2) is 0 Å². The molecule has 1 unspecified atom stereocenters. The van der Waals surface area contributed by atoms with Crippen molar-refractivity contribution in [1.82, 2.24) is 0 Å². The third-order valence-corrected chi connectivity index (χ3v) is 14.7. The molecule has 0 bridgehead atoms. The van der Waals surface area contributed by atoms with Crippen molar-refractivity contribution in [2.45, 2.75) is 71.1 Å². The average molecular weight is 707 g/mol. The molecule has 9 aromatic rings. The van der Waals surface area contributed by atoms with Crippen LogP contribution in [0, 0.1) is 0 Å². The van der Waals surface area contributed by atoms with Crippen LogP contribution in [0.3, 0.4) is 0 Å². The second kappa shape index (κ2) is 10.2. The van der Waals surface area contributed by atoms with Gasteiger partial charge in [0.2, 0.25) is 22.4 Å². The number of aromatic nitrogens is 2. The lowest BCUT2D eigenvalue weighted by Gasteiger charge is -2.39. The van der Waals surface area contributed by atoms with Gasteiger partial charge in [-0.2, -0.15) is 0 Å². The van der Waals surface area contributed by atoms with Crippen LogP contribution in [0.15, 0.2) is 121 Å². The van der Waals surface area contributed by atoms with Crippen LogP contribution in [-0.4, -0.2) is 0 Å². The Morgan fingerprint density at radius 1 is 0.566 bits per heavy atom. The number of hydrogen-bond acceptors (Lipinski definition) is 1. The van der Waals surface area contributed by atoms with Crippen LogP contribution in [0.5, 0.6) is 11.5 Å². The predicted octanol–water partition coefficient (Wildman–Crippen LogP) is 12.0. The first kappa shape index (κ1) is 31.3. The van der Waals surface area contributed by atoms with Gasteiger partial charge in [-0.3, -0.25) is 0 Å². The van der Waals surface area contributed by atoms with Crippen LogP contribution in [-0.2, 0) is 22.7 Å². The molecule has 258 valence electrons. The molecule has 4 heteroatoms. The van der Waals surface area contributed by atoms with Crippen molar-refractivity contribution in [3.05, 3.63) is 161 Å². The highest BCUT2D eigenvalue weighted by atomic mass is 31.1. The lowest BCUT2D eigenvalue weighted by molar-refractivity contribution is -0.580. The molecule has 6 aromatic carbocycles. The lowest BCUT2D eigenvalue weighted by atomic mass is 9.65. The SMILES string of the molecule is CCc1cccc2ccc3ccc4[n+](c3c12)-p1c2cccc3ccc5ccc([n+]1c5c32)C41c2cc(C(C)(C)C)ccc2Oc2ccc(C(C)(C)C)cc21. The Morgan fingerprint density at radius 2 is 1.11 bits per heavy atom. The van der Waals surface area contributed by atoms with Gasteiger partial charge >= 0.3 is 7.84 Å². The van der Waals surface area contributed by atoms with Gasteiger partial charge in [-0.05, 0) is 99.3 Å². The molecule has 0 N–H and O–H groups in total. The first-order valence-corrected chi connectivity index (χ1v) is 20.3. The third kappa shape index (κ3) is 3.91. The minimum Gasteiger partial charge on any atom is -0.457 e. The van der Waals surface area contributed by atoms with Crippen molar-refractivity contribution < 1.29 is 13.2 Å². The second-order valence-electron chi connectivity index (χ2n) is 17.4. The summed E-state index contributed by atoms with van der Waals surface area (Å²) in [5, 5.41) is 9.35. The lowest BCUT2D eigenvalue weighted by Crippen LogP contribution is -2.56. The maximum atomic E-state index is 7.03. The maximum Gasteiger partial charge on any atom is 0.448 e. The number of fused-ring (bicyclic) bond motifs is 13. The van der Waals surface area contributed by atoms with Crippen molar-refractivity contribution >= 4 is 56.3 Å². The van der Waals surface area contributed by atoms with Crippen LogP contribution in [0.25, 0.3) is 48.5 Å². The quantitative estimate of drug-likeness (QED) is 0.155. The van der Waals surface area contributed by atoms with Crippen molar-refractivity contribution in [3.63, 3.8) is 0 Å². The molecule has 11 rings (SSSR count). The molecule has 5 heterocycles. The van der Waals surface area contributed by atoms with Crippen LogP contribution in [0.4, 0.5) is 0 Å². The minimum absolute atomic E-state index is 0.0493. The standard InChI is InChI=1S/C49H43N2OP/c1-8-29-11-9-12-30-15-17-32-19-25-41-49(36-27-34(47(2,3)4)21-23-38(36)52-39-24-22-35(28-37(39)49)48(5,6)7)42-26-20-33-18-16-31-13-10-14-40-44(31)46(33)51(42)53(40)50(41)45(32)43(29)30/h9-28H,8H2,1-7H3/q+2. The zero-order valence-corrected chi connectivity index (χ0v) is 32.4. The minimum atomic E-state index is -1.04. The van der Waals surface area contributed by atoms with Crippen LogP contribution in [0.1, 0.15) is 87.7 Å². The molecule has 1 spiro atoms. The third-order valence-electron chi connectivity index (χ3n) is 12.3. The molecule has 1 atom stereocenters. The van der Waals surface area contributed by atoms with Crippen molar-refractivity contribution in [2.75, 3.05) is 0 Å². The number of benzene rings is 6. The molecular weight excluding hydrogens is 664 g/mol. The van der Waals surface area contributed by atoms with E-state index in [4.69, 9.17) is 4.74 Å². The van der Waals surface area contributed by atoms with Crippen LogP contribution in [0.2, 0.25) is 0 Å². The fraction of sp³-hybridized carbons (Fsp3) is 0.224. The van der Waals surface area contributed by atoms with Gasteiger partial charge in [-0.1, -0.05) is 112 Å². The first-order chi connectivity index (χ1) is 25.5. The molecule has 3 aromatic heterocycles. The summed E-state index contributed by atoms with van der Waals surface area (Å²) in [6.45, 7) is 16.2. The smallest absolute Gasteiger partial charge is 0.448 e. The number of aryl methyl sites for hydroxylation is 1. The zero-order valence-electron chi connectivity index (χ0n) is 31.5. The molecule has 0 amide bonds. The van der Waals surface area contributed by atoms with E-state index in [1.165, 1.54) is 87.7 Å². The van der Waals surface area contributed by atoms with Gasteiger partial charge in [-0.15, -0.1) is 0 Å². The fourth-order valence-electron chi connectivity index (χ4n) is 9.68. The second-order valence-corrected chi connectivity index (χ2v) is 19.2. The van der Waals surface area contributed by atoms with E-state index < -0.39 is 13.3 Å². The van der Waals surface area contributed by atoms with Crippen LogP contribution < -0.4 is 13.2 Å². The number of rotatable bonds is 1. The normalized spacial score (nSPS) is 15.0. The number of pyridine rings is 2. The van der Waals surface area contributed by atoms with Crippen molar-refractivity contribution in [3.8, 4) is 11.5 Å². The monoisotopic (exact) mass is 706 g/mol. The molecule has 0 radical (unpaired) electrons.